The molecule has 0 fully saturated rings. The highest BCUT2D eigenvalue weighted by Gasteiger charge is 2.30. The van der Waals surface area contributed by atoms with Gasteiger partial charge in [0, 0.05) is 29.6 Å². The maximum absolute atomic E-state index is 14.8. The largest absolute Gasteiger partial charge is 0.492 e. The molecule has 1 aliphatic heterocycles. The molecule has 0 unspecified atom stereocenters. The van der Waals surface area contributed by atoms with Crippen molar-refractivity contribution in [3.8, 4) is 5.75 Å². The molecule has 0 aromatic heterocycles. The summed E-state index contributed by atoms with van der Waals surface area (Å²) in [5.41, 5.74) is 4.18. The second-order valence-corrected chi connectivity index (χ2v) is 7.28. The topological polar surface area (TPSA) is 24.8 Å². The van der Waals surface area contributed by atoms with Gasteiger partial charge in [0.25, 0.3) is 0 Å². The Kier molecular flexibility index (Phi) is 5.36. The van der Waals surface area contributed by atoms with Crippen LogP contribution < -0.4 is 9.64 Å². The smallest absolute Gasteiger partial charge is 0.144 e. The van der Waals surface area contributed by atoms with Crippen LogP contribution in [0.5, 0.6) is 5.75 Å². The van der Waals surface area contributed by atoms with Crippen molar-refractivity contribution in [1.82, 2.24) is 0 Å². The van der Waals surface area contributed by atoms with Crippen LogP contribution in [-0.2, 0) is 0 Å². The first-order valence-electron chi connectivity index (χ1n) is 9.44. The zero-order valence-electron chi connectivity index (χ0n) is 16.7. The molecule has 4 heteroatoms. The summed E-state index contributed by atoms with van der Waals surface area (Å²) >= 11 is 0. The third-order valence-corrected chi connectivity index (χ3v) is 4.92. The number of ether oxygens (including phenoxy) is 1. The number of likely N-dealkylation sites (N-methyl/N-ethyl adjacent to an activating group) is 1. The number of hydrogen-bond donors (Lipinski definition) is 0. The maximum atomic E-state index is 14.8. The molecule has 0 atom stereocenters. The van der Waals surface area contributed by atoms with Gasteiger partial charge < -0.3 is 9.64 Å². The van der Waals surface area contributed by atoms with Gasteiger partial charge in [-0.1, -0.05) is 18.2 Å². The van der Waals surface area contributed by atoms with Gasteiger partial charge >= 0.3 is 0 Å². The van der Waals surface area contributed by atoms with Crippen molar-refractivity contribution >= 4 is 23.2 Å². The molecule has 27 heavy (non-hydrogen) atoms. The molecular formula is C23H27FN2O. The van der Waals surface area contributed by atoms with Crippen molar-refractivity contribution in [3.05, 3.63) is 59.4 Å². The Labute approximate surface area is 161 Å². The van der Waals surface area contributed by atoms with E-state index in [1.807, 2.05) is 37.3 Å². The molecule has 3 nitrogen and oxygen atoms in total. The Bertz CT molecular complexity index is 899. The monoisotopic (exact) mass is 366 g/mol. The van der Waals surface area contributed by atoms with Gasteiger partial charge in [0.2, 0.25) is 0 Å². The van der Waals surface area contributed by atoms with E-state index in [0.717, 1.165) is 23.4 Å². The highest BCUT2D eigenvalue weighted by Crippen LogP contribution is 2.39. The Morgan fingerprint density at radius 1 is 1.19 bits per heavy atom. The normalized spacial score (nSPS) is 15.6. The van der Waals surface area contributed by atoms with Crippen LogP contribution in [0.1, 0.15) is 45.7 Å². The first kappa shape index (κ1) is 19.2. The highest BCUT2D eigenvalue weighted by atomic mass is 19.1. The molecule has 1 heterocycles. The van der Waals surface area contributed by atoms with E-state index in [4.69, 9.17) is 4.74 Å². The van der Waals surface area contributed by atoms with Crippen molar-refractivity contribution in [2.24, 2.45) is 4.99 Å². The van der Waals surface area contributed by atoms with E-state index in [2.05, 4.69) is 43.7 Å². The average molecular weight is 366 g/mol. The molecule has 0 radical (unpaired) electrons. The van der Waals surface area contributed by atoms with Gasteiger partial charge in [0.05, 0.1) is 12.1 Å². The molecule has 0 saturated heterocycles. The lowest BCUT2D eigenvalue weighted by Gasteiger charge is -2.42. The molecule has 0 spiro atoms. The minimum Gasteiger partial charge on any atom is -0.492 e. The predicted molar refractivity (Wildman–Crippen MR) is 112 cm³/mol. The maximum Gasteiger partial charge on any atom is 0.144 e. The van der Waals surface area contributed by atoms with Gasteiger partial charge in [-0.3, -0.25) is 4.99 Å². The minimum absolute atomic E-state index is 0.135. The number of rotatable bonds is 5. The summed E-state index contributed by atoms with van der Waals surface area (Å²) in [6.45, 7) is 11.8. The van der Waals surface area contributed by atoms with Crippen LogP contribution in [0.3, 0.4) is 0 Å². The van der Waals surface area contributed by atoms with Gasteiger partial charge in [-0.25, -0.2) is 4.39 Å². The summed E-state index contributed by atoms with van der Waals surface area (Å²) < 4.78 is 20.4. The molecule has 2 aromatic carbocycles. The third-order valence-electron chi connectivity index (χ3n) is 4.92. The number of anilines is 1. The molecule has 0 bridgehead atoms. The van der Waals surface area contributed by atoms with Crippen molar-refractivity contribution < 1.29 is 9.13 Å². The Morgan fingerprint density at radius 3 is 2.63 bits per heavy atom. The molecular weight excluding hydrogens is 339 g/mol. The van der Waals surface area contributed by atoms with Gasteiger partial charge in [0.1, 0.15) is 17.3 Å². The molecule has 142 valence electrons. The Balaban J connectivity index is 2.02. The summed E-state index contributed by atoms with van der Waals surface area (Å²) in [4.78, 5) is 6.70. The van der Waals surface area contributed by atoms with Crippen LogP contribution >= 0.6 is 0 Å². The summed E-state index contributed by atoms with van der Waals surface area (Å²) in [6, 6.07) is 11.1. The molecule has 1 aliphatic rings. The fraction of sp³-hybridized carbons (Fsp3) is 0.348. The van der Waals surface area contributed by atoms with E-state index < -0.39 is 0 Å². The van der Waals surface area contributed by atoms with Gasteiger partial charge in [-0.05, 0) is 64.5 Å². The number of para-hydroxylation sites is 2. The summed E-state index contributed by atoms with van der Waals surface area (Å²) in [6.07, 6.45) is 3.82. The number of fused-ring (bicyclic) bond motifs is 1. The standard InChI is InChI=1S/C23H27FN2O/c1-6-26-21-13-19(24)17(12-18(21)16(3)14-23(26,4)5)15-25-20-10-8-9-11-22(20)27-7-2/h8-15H,6-7H2,1-5H3. The van der Waals surface area contributed by atoms with Gasteiger partial charge in [-0.2, -0.15) is 0 Å². The third kappa shape index (κ3) is 3.75. The minimum atomic E-state index is -0.268. The van der Waals surface area contributed by atoms with Crippen molar-refractivity contribution in [2.45, 2.75) is 40.2 Å². The molecule has 0 aliphatic carbocycles. The molecule has 3 rings (SSSR count). The number of hydrogen-bond acceptors (Lipinski definition) is 3. The van der Waals surface area contributed by atoms with Crippen LogP contribution in [0.4, 0.5) is 15.8 Å². The number of aliphatic imine (C=N–C) groups is 1. The lowest BCUT2D eigenvalue weighted by molar-refractivity contribution is 0.341. The first-order chi connectivity index (χ1) is 12.9. The molecule has 0 amide bonds. The zero-order valence-corrected chi connectivity index (χ0v) is 16.7. The van der Waals surface area contributed by atoms with Crippen LogP contribution in [-0.4, -0.2) is 24.9 Å². The van der Waals surface area contributed by atoms with Crippen molar-refractivity contribution in [3.63, 3.8) is 0 Å². The Morgan fingerprint density at radius 2 is 1.93 bits per heavy atom. The van der Waals surface area contributed by atoms with E-state index in [0.29, 0.717) is 23.6 Å². The number of nitrogens with zero attached hydrogens (tertiary/aromatic N) is 2. The fourth-order valence-corrected chi connectivity index (χ4v) is 3.77. The van der Waals surface area contributed by atoms with E-state index in [1.165, 1.54) is 0 Å². The van der Waals surface area contributed by atoms with Gasteiger partial charge in [0.15, 0.2) is 0 Å². The van der Waals surface area contributed by atoms with E-state index in [1.54, 1.807) is 12.3 Å². The SMILES string of the molecule is CCOc1ccccc1N=Cc1cc2c(cc1F)N(CC)C(C)(C)C=C2C. The van der Waals surface area contributed by atoms with E-state index in [-0.39, 0.29) is 11.4 Å². The number of halogens is 1. The lowest BCUT2D eigenvalue weighted by Crippen LogP contribution is -2.45. The highest BCUT2D eigenvalue weighted by molar-refractivity contribution is 5.89. The van der Waals surface area contributed by atoms with Crippen LogP contribution in [0.2, 0.25) is 0 Å². The molecule has 0 N–H and O–H groups in total. The molecule has 2 aromatic rings. The van der Waals surface area contributed by atoms with Crippen LogP contribution in [0.15, 0.2) is 47.5 Å². The second kappa shape index (κ2) is 7.55. The number of benzene rings is 2. The van der Waals surface area contributed by atoms with E-state index in [9.17, 15) is 4.39 Å². The zero-order chi connectivity index (χ0) is 19.6. The quantitative estimate of drug-likeness (QED) is 0.607. The van der Waals surface area contributed by atoms with Crippen LogP contribution in [0, 0.1) is 5.82 Å². The molecule has 0 saturated carbocycles. The Hall–Kier alpha value is -2.62. The summed E-state index contributed by atoms with van der Waals surface area (Å²) in [5, 5.41) is 0. The van der Waals surface area contributed by atoms with Crippen LogP contribution in [0.25, 0.3) is 5.57 Å². The lowest BCUT2D eigenvalue weighted by atomic mass is 9.88. The van der Waals surface area contributed by atoms with Crippen molar-refractivity contribution in [1.29, 1.82) is 0 Å². The second-order valence-electron chi connectivity index (χ2n) is 7.28. The summed E-state index contributed by atoms with van der Waals surface area (Å²) in [7, 11) is 0. The summed E-state index contributed by atoms with van der Waals surface area (Å²) in [5.74, 6) is 0.431. The van der Waals surface area contributed by atoms with Gasteiger partial charge in [-0.15, -0.1) is 0 Å². The first-order valence-corrected chi connectivity index (χ1v) is 9.44. The predicted octanol–water partition coefficient (Wildman–Crippen LogP) is 6.00. The number of allylic oxidation sites excluding steroid dienone is 1. The van der Waals surface area contributed by atoms with E-state index >= 15 is 0 Å². The van der Waals surface area contributed by atoms with Crippen molar-refractivity contribution in [2.75, 3.05) is 18.1 Å². The average Bonchev–Trinajstić information content (AvgIpc) is 2.61. The fourth-order valence-electron chi connectivity index (χ4n) is 3.77.